The van der Waals surface area contributed by atoms with Crippen molar-refractivity contribution in [1.29, 1.82) is 0 Å². The number of benzene rings is 5. The van der Waals surface area contributed by atoms with Crippen LogP contribution < -0.4 is 14.4 Å². The zero-order valence-electron chi connectivity index (χ0n) is 25.0. The van der Waals surface area contributed by atoms with Crippen LogP contribution in [0.3, 0.4) is 0 Å². The second-order valence-corrected chi connectivity index (χ2v) is 11.3. The van der Waals surface area contributed by atoms with Crippen LogP contribution in [0.15, 0.2) is 122 Å². The summed E-state index contributed by atoms with van der Waals surface area (Å²) in [4.78, 5) is 12.2. The van der Waals surface area contributed by atoms with E-state index in [0.29, 0.717) is 51.5 Å². The highest BCUT2D eigenvalue weighted by Crippen LogP contribution is 2.62. The molecule has 2 aromatic heterocycles. The van der Waals surface area contributed by atoms with Crippen molar-refractivity contribution < 1.29 is 18.3 Å². The van der Waals surface area contributed by atoms with Gasteiger partial charge in [0.1, 0.15) is 17.3 Å². The number of hydrogen-bond acceptors (Lipinski definition) is 5. The minimum absolute atomic E-state index is 0.331. The molecule has 0 unspecified atom stereocenters. The van der Waals surface area contributed by atoms with Crippen molar-refractivity contribution in [3.05, 3.63) is 139 Å². The summed E-state index contributed by atoms with van der Waals surface area (Å²) in [6.07, 6.45) is 7.63. The third-order valence-electron chi connectivity index (χ3n) is 8.54. The Kier molecular flexibility index (Phi) is 5.83. The van der Waals surface area contributed by atoms with Crippen LogP contribution in [0.4, 0.5) is 25.8 Å². The lowest BCUT2D eigenvalue weighted by atomic mass is 10.0. The molecule has 0 spiro atoms. The molecule has 9 rings (SSSR count). The van der Waals surface area contributed by atoms with Crippen LogP contribution in [0.1, 0.15) is 12.6 Å². The molecule has 6 nitrogen and oxygen atoms in total. The molecule has 0 bridgehead atoms. The number of hydrogen-bond donors (Lipinski definition) is 0. The standard InChI is InChI=1S/C39H24F2N4O2/c1-3-9-22(10-4-2)36-25-11-5-7-13-27(25)42-39(43-36)45-28-14-8-6-12-26(28)35-31(45)21-34-37-38(35)47-33-20-24(41)16-18-30(33)44(37)29-17-15-23(40)19-32(29)46-34/h3-21H,1H2,2H3/b10-4-,22-9+. The van der Waals surface area contributed by atoms with Crippen molar-refractivity contribution in [3.8, 4) is 28.9 Å². The maximum absolute atomic E-state index is 14.7. The summed E-state index contributed by atoms with van der Waals surface area (Å²) in [7, 11) is 0. The maximum atomic E-state index is 14.7. The average Bonchev–Trinajstić information content (AvgIpc) is 3.41. The van der Waals surface area contributed by atoms with Crippen molar-refractivity contribution in [3.63, 3.8) is 0 Å². The van der Waals surface area contributed by atoms with Gasteiger partial charge in [0.05, 0.1) is 39.0 Å². The molecule has 47 heavy (non-hydrogen) atoms. The van der Waals surface area contributed by atoms with Crippen LogP contribution >= 0.6 is 0 Å². The van der Waals surface area contributed by atoms with E-state index in [1.807, 2.05) is 89.2 Å². The highest BCUT2D eigenvalue weighted by molar-refractivity contribution is 6.17. The van der Waals surface area contributed by atoms with Crippen LogP contribution in [0.25, 0.3) is 44.2 Å². The first kappa shape index (κ1) is 27.1. The van der Waals surface area contributed by atoms with Crippen LogP contribution in [0, 0.1) is 11.6 Å². The van der Waals surface area contributed by atoms with Gasteiger partial charge in [-0.25, -0.2) is 18.7 Å². The van der Waals surface area contributed by atoms with E-state index < -0.39 is 11.6 Å². The minimum Gasteiger partial charge on any atom is -0.453 e. The Labute approximate surface area is 267 Å². The van der Waals surface area contributed by atoms with Crippen molar-refractivity contribution in [2.45, 2.75) is 6.92 Å². The normalized spacial score (nSPS) is 13.4. The van der Waals surface area contributed by atoms with Gasteiger partial charge in [-0.3, -0.25) is 9.47 Å². The molecule has 0 saturated carbocycles. The smallest absolute Gasteiger partial charge is 0.235 e. The van der Waals surface area contributed by atoms with E-state index in [1.165, 1.54) is 24.3 Å². The number of anilines is 3. The van der Waals surface area contributed by atoms with Gasteiger partial charge in [0.15, 0.2) is 23.0 Å². The molecule has 0 amide bonds. The number of allylic oxidation sites excluding steroid dienone is 5. The van der Waals surface area contributed by atoms with Crippen molar-refractivity contribution in [2.24, 2.45) is 0 Å². The summed E-state index contributed by atoms with van der Waals surface area (Å²) in [6.45, 7) is 5.88. The molecule has 2 aliphatic rings. The molecule has 0 atom stereocenters. The first-order valence-electron chi connectivity index (χ1n) is 15.1. The zero-order chi connectivity index (χ0) is 31.8. The van der Waals surface area contributed by atoms with Crippen LogP contribution in [-0.2, 0) is 0 Å². The molecular formula is C39H24F2N4O2. The lowest BCUT2D eigenvalue weighted by Gasteiger charge is -2.38. The number of ether oxygens (including phenoxy) is 2. The topological polar surface area (TPSA) is 52.4 Å². The highest BCUT2D eigenvalue weighted by atomic mass is 19.1. The molecule has 7 aromatic rings. The van der Waals surface area contributed by atoms with E-state index in [4.69, 9.17) is 19.4 Å². The van der Waals surface area contributed by atoms with Crippen LogP contribution in [0.5, 0.6) is 23.0 Å². The monoisotopic (exact) mass is 618 g/mol. The predicted molar refractivity (Wildman–Crippen MR) is 182 cm³/mol. The highest BCUT2D eigenvalue weighted by Gasteiger charge is 2.38. The molecule has 5 aromatic carbocycles. The van der Waals surface area contributed by atoms with Gasteiger partial charge in [-0.15, -0.1) is 0 Å². The molecule has 0 aliphatic carbocycles. The van der Waals surface area contributed by atoms with E-state index in [1.54, 1.807) is 18.2 Å². The van der Waals surface area contributed by atoms with E-state index in [0.717, 1.165) is 38.5 Å². The van der Waals surface area contributed by atoms with E-state index in [-0.39, 0.29) is 0 Å². The number of aromatic nitrogens is 3. The zero-order valence-corrected chi connectivity index (χ0v) is 25.0. The summed E-state index contributed by atoms with van der Waals surface area (Å²) in [5.74, 6) is 1.18. The number of fused-ring (bicyclic) bond motifs is 9. The Morgan fingerprint density at radius 2 is 1.47 bits per heavy atom. The summed E-state index contributed by atoms with van der Waals surface area (Å²) in [5.41, 5.74) is 5.83. The Balaban J connectivity index is 1.40. The minimum atomic E-state index is -0.434. The molecule has 4 heterocycles. The number of rotatable bonds is 4. The van der Waals surface area contributed by atoms with Crippen molar-refractivity contribution >= 4 is 55.3 Å². The van der Waals surface area contributed by atoms with Crippen molar-refractivity contribution in [2.75, 3.05) is 4.90 Å². The van der Waals surface area contributed by atoms with Crippen LogP contribution in [-0.4, -0.2) is 14.5 Å². The first-order chi connectivity index (χ1) is 23.0. The largest absolute Gasteiger partial charge is 0.453 e. The van der Waals surface area contributed by atoms with Crippen molar-refractivity contribution in [1.82, 2.24) is 14.5 Å². The molecule has 0 radical (unpaired) electrons. The number of para-hydroxylation sites is 2. The van der Waals surface area contributed by atoms with Gasteiger partial charge in [0, 0.05) is 34.5 Å². The number of halogens is 2. The fourth-order valence-electron chi connectivity index (χ4n) is 6.67. The summed E-state index contributed by atoms with van der Waals surface area (Å²) < 4.78 is 44.2. The second kappa shape index (κ2) is 10.1. The Bertz CT molecular complexity index is 2540. The Morgan fingerprint density at radius 1 is 0.766 bits per heavy atom. The molecule has 8 heteroatoms. The molecular weight excluding hydrogens is 594 g/mol. The second-order valence-electron chi connectivity index (χ2n) is 11.3. The van der Waals surface area contributed by atoms with E-state index >= 15 is 0 Å². The average molecular weight is 619 g/mol. The van der Waals surface area contributed by atoms with Gasteiger partial charge >= 0.3 is 0 Å². The quantitative estimate of drug-likeness (QED) is 0.184. The predicted octanol–water partition coefficient (Wildman–Crippen LogP) is 10.8. The van der Waals surface area contributed by atoms with Gasteiger partial charge in [-0.1, -0.05) is 67.3 Å². The van der Waals surface area contributed by atoms with Gasteiger partial charge < -0.3 is 9.47 Å². The summed E-state index contributed by atoms with van der Waals surface area (Å²) >= 11 is 0. The Morgan fingerprint density at radius 3 is 2.21 bits per heavy atom. The number of nitrogens with zero attached hydrogens (tertiary/aromatic N) is 4. The third-order valence-corrected chi connectivity index (χ3v) is 8.54. The van der Waals surface area contributed by atoms with Crippen LogP contribution in [0.2, 0.25) is 0 Å². The summed E-state index contributed by atoms with van der Waals surface area (Å²) in [6, 6.07) is 26.5. The molecule has 0 saturated heterocycles. The molecule has 226 valence electrons. The van der Waals surface area contributed by atoms with Gasteiger partial charge in [-0.05, 0) is 43.3 Å². The first-order valence-corrected chi connectivity index (χ1v) is 15.1. The molecule has 0 N–H and O–H groups in total. The fraction of sp³-hybridized carbons (Fsp3) is 0.0256. The lowest BCUT2D eigenvalue weighted by molar-refractivity contribution is 0.445. The van der Waals surface area contributed by atoms with E-state index in [9.17, 15) is 8.78 Å². The summed E-state index contributed by atoms with van der Waals surface area (Å²) in [5, 5.41) is 2.57. The van der Waals surface area contributed by atoms with Gasteiger partial charge in [-0.2, -0.15) is 0 Å². The third kappa shape index (κ3) is 3.94. The lowest BCUT2D eigenvalue weighted by Crippen LogP contribution is -2.20. The van der Waals surface area contributed by atoms with Gasteiger partial charge in [0.25, 0.3) is 0 Å². The Hall–Kier alpha value is -6.28. The molecule has 0 fully saturated rings. The fourth-order valence-corrected chi connectivity index (χ4v) is 6.67. The maximum Gasteiger partial charge on any atom is 0.235 e. The SMILES string of the molecule is C=C/C=C(\C=C/C)c1nc(-n2c3ccccc3c3c4c5c(cc32)Oc2cc(F)ccc2N5c2ccc(F)cc2O4)nc2ccccc12. The molecule has 2 aliphatic heterocycles. The van der Waals surface area contributed by atoms with E-state index in [2.05, 4.69) is 6.58 Å². The van der Waals surface area contributed by atoms with Gasteiger partial charge in [0.2, 0.25) is 5.95 Å².